The van der Waals surface area contributed by atoms with Crippen molar-refractivity contribution in [3.05, 3.63) is 65.0 Å². The fraction of sp³-hybridized carbons (Fsp3) is 0.440. The molecule has 32 heavy (non-hydrogen) atoms. The maximum absolute atomic E-state index is 13.6. The van der Waals surface area contributed by atoms with Crippen molar-refractivity contribution in [1.82, 2.24) is 9.80 Å². The Balaban J connectivity index is 1.60. The maximum Gasteiger partial charge on any atom is 0.260 e. The normalized spacial score (nSPS) is 18.4. The van der Waals surface area contributed by atoms with Crippen LogP contribution in [0.3, 0.4) is 0 Å². The van der Waals surface area contributed by atoms with Crippen LogP contribution in [0.4, 0.5) is 4.39 Å². The second kappa shape index (κ2) is 9.69. The number of nitrogens with zero attached hydrogens (tertiary/aromatic N) is 2. The smallest absolute Gasteiger partial charge is 0.260 e. The maximum atomic E-state index is 13.6. The first kappa shape index (κ1) is 22.3. The number of amides is 2. The van der Waals surface area contributed by atoms with Gasteiger partial charge >= 0.3 is 0 Å². The van der Waals surface area contributed by atoms with Crippen molar-refractivity contribution in [3.63, 3.8) is 0 Å². The van der Waals surface area contributed by atoms with E-state index in [2.05, 4.69) is 0 Å². The van der Waals surface area contributed by atoms with Crippen molar-refractivity contribution < 1.29 is 23.5 Å². The first-order valence-corrected chi connectivity index (χ1v) is 11.1. The average Bonchev–Trinajstić information content (AvgIpc) is 2.82. The third-order valence-corrected chi connectivity index (χ3v) is 6.03. The van der Waals surface area contributed by atoms with Crippen LogP contribution in [0.25, 0.3) is 0 Å². The zero-order valence-corrected chi connectivity index (χ0v) is 18.6. The fourth-order valence-corrected chi connectivity index (χ4v) is 4.31. The largest absolute Gasteiger partial charge is 0.484 e. The number of ether oxygens (including phenoxy) is 2. The number of halogens is 1. The third kappa shape index (κ3) is 4.78. The summed E-state index contributed by atoms with van der Waals surface area (Å²) in [6.07, 6.45) is 0.735. The SMILES string of the molecule is CC(C)C(=O)N1CCc2ccc(OCC(=O)N3CCOCC3)cc2C1c1ccc(F)cc1. The van der Waals surface area contributed by atoms with Gasteiger partial charge in [0.15, 0.2) is 6.61 Å². The van der Waals surface area contributed by atoms with Gasteiger partial charge in [0.25, 0.3) is 5.91 Å². The molecule has 2 amide bonds. The lowest BCUT2D eigenvalue weighted by atomic mass is 9.87. The van der Waals surface area contributed by atoms with E-state index >= 15 is 0 Å². The lowest BCUT2D eigenvalue weighted by Gasteiger charge is -2.39. The highest BCUT2D eigenvalue weighted by Crippen LogP contribution is 2.38. The summed E-state index contributed by atoms with van der Waals surface area (Å²) in [6.45, 7) is 6.56. The molecular weight excluding hydrogens is 411 g/mol. The van der Waals surface area contributed by atoms with E-state index in [4.69, 9.17) is 9.47 Å². The molecule has 2 aliphatic rings. The quantitative estimate of drug-likeness (QED) is 0.717. The Bertz CT molecular complexity index is 970. The van der Waals surface area contributed by atoms with Gasteiger partial charge in [-0.25, -0.2) is 4.39 Å². The molecule has 1 unspecified atom stereocenters. The molecule has 4 rings (SSSR count). The number of hydrogen-bond donors (Lipinski definition) is 0. The molecule has 2 aliphatic heterocycles. The molecule has 2 aromatic rings. The van der Waals surface area contributed by atoms with Crippen LogP contribution in [0.15, 0.2) is 42.5 Å². The van der Waals surface area contributed by atoms with E-state index in [0.717, 1.165) is 23.1 Å². The number of carbonyl (C=O) groups is 2. The lowest BCUT2D eigenvalue weighted by molar-refractivity contribution is -0.137. The Hall–Kier alpha value is -2.93. The van der Waals surface area contributed by atoms with Crippen molar-refractivity contribution in [3.8, 4) is 5.75 Å². The van der Waals surface area contributed by atoms with Crippen LogP contribution in [-0.4, -0.2) is 61.1 Å². The molecule has 0 bridgehead atoms. The van der Waals surface area contributed by atoms with Crippen molar-refractivity contribution >= 4 is 11.8 Å². The summed E-state index contributed by atoms with van der Waals surface area (Å²) in [5.41, 5.74) is 2.93. The minimum absolute atomic E-state index is 0.0470. The molecule has 0 radical (unpaired) electrons. The van der Waals surface area contributed by atoms with Crippen molar-refractivity contribution in [2.75, 3.05) is 39.5 Å². The van der Waals surface area contributed by atoms with Crippen molar-refractivity contribution in [2.24, 2.45) is 5.92 Å². The van der Waals surface area contributed by atoms with E-state index in [1.165, 1.54) is 12.1 Å². The summed E-state index contributed by atoms with van der Waals surface area (Å²) in [4.78, 5) is 29.1. The summed E-state index contributed by atoms with van der Waals surface area (Å²) < 4.78 is 24.7. The Morgan fingerprint density at radius 1 is 1.09 bits per heavy atom. The molecule has 0 N–H and O–H groups in total. The summed E-state index contributed by atoms with van der Waals surface area (Å²) >= 11 is 0. The molecule has 0 saturated carbocycles. The predicted molar refractivity (Wildman–Crippen MR) is 118 cm³/mol. The van der Waals surface area contributed by atoms with Gasteiger partial charge in [0.1, 0.15) is 11.6 Å². The third-order valence-electron chi connectivity index (χ3n) is 6.03. The van der Waals surface area contributed by atoms with Crippen molar-refractivity contribution in [1.29, 1.82) is 0 Å². The molecule has 2 heterocycles. The Morgan fingerprint density at radius 3 is 2.50 bits per heavy atom. The molecule has 7 heteroatoms. The van der Waals surface area contributed by atoms with E-state index in [0.29, 0.717) is 38.6 Å². The second-order valence-corrected chi connectivity index (χ2v) is 8.53. The molecule has 0 spiro atoms. The number of morpholine rings is 1. The second-order valence-electron chi connectivity index (χ2n) is 8.53. The topological polar surface area (TPSA) is 59.1 Å². The molecule has 0 aliphatic carbocycles. The molecule has 6 nitrogen and oxygen atoms in total. The summed E-state index contributed by atoms with van der Waals surface area (Å²) in [5, 5.41) is 0. The van der Waals surface area contributed by atoms with Gasteiger partial charge < -0.3 is 19.3 Å². The van der Waals surface area contributed by atoms with Gasteiger partial charge in [-0.2, -0.15) is 0 Å². The van der Waals surface area contributed by atoms with E-state index in [-0.39, 0.29) is 36.2 Å². The minimum atomic E-state index is -0.326. The lowest BCUT2D eigenvalue weighted by Crippen LogP contribution is -2.43. The number of hydrogen-bond acceptors (Lipinski definition) is 4. The van der Waals surface area contributed by atoms with Gasteiger partial charge in [-0.1, -0.05) is 32.0 Å². The van der Waals surface area contributed by atoms with Gasteiger partial charge in [0, 0.05) is 25.6 Å². The summed E-state index contributed by atoms with van der Waals surface area (Å²) in [5.74, 6) is 0.100. The Kier molecular flexibility index (Phi) is 6.74. The van der Waals surface area contributed by atoms with Gasteiger partial charge in [0.2, 0.25) is 5.91 Å². The molecule has 2 aromatic carbocycles. The van der Waals surface area contributed by atoms with Crippen LogP contribution < -0.4 is 4.74 Å². The highest BCUT2D eigenvalue weighted by atomic mass is 19.1. The summed E-state index contributed by atoms with van der Waals surface area (Å²) in [6, 6.07) is 11.7. The number of rotatable bonds is 5. The molecule has 1 saturated heterocycles. The highest BCUT2D eigenvalue weighted by Gasteiger charge is 2.33. The van der Waals surface area contributed by atoms with Crippen molar-refractivity contribution in [2.45, 2.75) is 26.3 Å². The Morgan fingerprint density at radius 2 is 1.81 bits per heavy atom. The first-order valence-electron chi connectivity index (χ1n) is 11.1. The number of carbonyl (C=O) groups excluding carboxylic acids is 2. The molecular formula is C25H29FN2O4. The fourth-order valence-electron chi connectivity index (χ4n) is 4.31. The Labute approximate surface area is 187 Å². The predicted octanol–water partition coefficient (Wildman–Crippen LogP) is 3.19. The van der Waals surface area contributed by atoms with Gasteiger partial charge in [-0.15, -0.1) is 0 Å². The van der Waals surface area contributed by atoms with Gasteiger partial charge in [0.05, 0.1) is 19.3 Å². The average molecular weight is 441 g/mol. The first-order chi connectivity index (χ1) is 15.4. The molecule has 170 valence electrons. The standard InChI is InChI=1S/C25H29FN2O4/c1-17(2)25(30)28-10-9-18-5-8-21(32-16-23(29)27-11-13-31-14-12-27)15-22(18)24(28)19-3-6-20(26)7-4-19/h3-8,15,17,24H,9-14,16H2,1-2H3. The van der Waals surface area contributed by atoms with E-state index in [1.54, 1.807) is 17.0 Å². The van der Waals surface area contributed by atoms with Gasteiger partial charge in [-0.05, 0) is 47.4 Å². The molecule has 1 fully saturated rings. The van der Waals surface area contributed by atoms with E-state index in [9.17, 15) is 14.0 Å². The number of benzene rings is 2. The highest BCUT2D eigenvalue weighted by molar-refractivity contribution is 5.80. The minimum Gasteiger partial charge on any atom is -0.484 e. The van der Waals surface area contributed by atoms with Crippen LogP contribution in [0.2, 0.25) is 0 Å². The van der Waals surface area contributed by atoms with Gasteiger partial charge in [-0.3, -0.25) is 9.59 Å². The monoisotopic (exact) mass is 440 g/mol. The molecule has 0 aromatic heterocycles. The molecule has 1 atom stereocenters. The van der Waals surface area contributed by atoms with E-state index < -0.39 is 0 Å². The zero-order valence-electron chi connectivity index (χ0n) is 18.6. The van der Waals surface area contributed by atoms with Crippen LogP contribution in [0.1, 0.15) is 36.6 Å². The van der Waals surface area contributed by atoms with Crippen LogP contribution in [0, 0.1) is 11.7 Å². The zero-order chi connectivity index (χ0) is 22.7. The van der Waals surface area contributed by atoms with Crippen LogP contribution in [0.5, 0.6) is 5.75 Å². The summed E-state index contributed by atoms with van der Waals surface area (Å²) in [7, 11) is 0. The van der Waals surface area contributed by atoms with E-state index in [1.807, 2.05) is 36.9 Å². The number of fused-ring (bicyclic) bond motifs is 1. The van der Waals surface area contributed by atoms with Crippen LogP contribution >= 0.6 is 0 Å². The van der Waals surface area contributed by atoms with Crippen LogP contribution in [-0.2, 0) is 20.7 Å².